The van der Waals surface area contributed by atoms with Crippen molar-refractivity contribution in [3.05, 3.63) is 0 Å². The van der Waals surface area contributed by atoms with E-state index in [1.54, 1.807) is 0 Å². The fourth-order valence-corrected chi connectivity index (χ4v) is 3.00. The molecule has 2 heteroatoms. The summed E-state index contributed by atoms with van der Waals surface area (Å²) < 4.78 is 0. The monoisotopic (exact) mass is 196 g/mol. The van der Waals surface area contributed by atoms with E-state index in [1.165, 1.54) is 45.4 Å². The van der Waals surface area contributed by atoms with E-state index in [9.17, 15) is 0 Å². The number of hydrogen-bond acceptors (Lipinski definition) is 2. The molecular weight excluding hydrogens is 172 g/mol. The first kappa shape index (κ1) is 10.4. The van der Waals surface area contributed by atoms with Crippen molar-refractivity contribution in [3.63, 3.8) is 0 Å². The van der Waals surface area contributed by atoms with E-state index in [0.29, 0.717) is 0 Å². The molecule has 2 nitrogen and oxygen atoms in total. The second-order valence-electron chi connectivity index (χ2n) is 5.01. The Labute approximate surface area is 88.1 Å². The summed E-state index contributed by atoms with van der Waals surface area (Å²) in [6.45, 7) is 9.90. The van der Waals surface area contributed by atoms with Gasteiger partial charge in [-0.15, -0.1) is 0 Å². The molecule has 0 amide bonds. The minimum absolute atomic E-state index is 0.823. The van der Waals surface area contributed by atoms with E-state index >= 15 is 0 Å². The van der Waals surface area contributed by atoms with E-state index in [1.807, 2.05) is 0 Å². The Morgan fingerprint density at radius 2 is 2.07 bits per heavy atom. The van der Waals surface area contributed by atoms with Gasteiger partial charge in [-0.05, 0) is 24.8 Å². The van der Waals surface area contributed by atoms with Crippen LogP contribution in [0.2, 0.25) is 0 Å². The third-order valence-corrected chi connectivity index (χ3v) is 4.11. The van der Waals surface area contributed by atoms with Crippen molar-refractivity contribution in [1.29, 1.82) is 0 Å². The van der Waals surface area contributed by atoms with E-state index < -0.39 is 0 Å². The molecule has 2 aliphatic heterocycles. The Morgan fingerprint density at radius 1 is 1.29 bits per heavy atom. The lowest BCUT2D eigenvalue weighted by molar-refractivity contribution is 0.253. The molecule has 0 radical (unpaired) electrons. The van der Waals surface area contributed by atoms with Crippen LogP contribution in [0, 0.1) is 11.8 Å². The van der Waals surface area contributed by atoms with Crippen LogP contribution in [-0.2, 0) is 0 Å². The molecule has 1 N–H and O–H groups in total. The maximum Gasteiger partial charge on any atom is 0.0235 e. The lowest BCUT2D eigenvalue weighted by Crippen LogP contribution is -2.32. The molecule has 0 aromatic heterocycles. The molecule has 0 bridgehead atoms. The van der Waals surface area contributed by atoms with Crippen molar-refractivity contribution < 1.29 is 0 Å². The maximum atomic E-state index is 3.62. The average molecular weight is 196 g/mol. The summed E-state index contributed by atoms with van der Waals surface area (Å²) in [5.74, 6) is 1.89. The van der Waals surface area contributed by atoms with Gasteiger partial charge in [-0.3, -0.25) is 0 Å². The molecule has 2 saturated heterocycles. The van der Waals surface area contributed by atoms with Gasteiger partial charge in [0.25, 0.3) is 0 Å². The number of nitrogens with zero attached hydrogens (tertiary/aromatic N) is 1. The third-order valence-electron chi connectivity index (χ3n) is 4.11. The zero-order valence-corrected chi connectivity index (χ0v) is 9.63. The van der Waals surface area contributed by atoms with Crippen molar-refractivity contribution in [2.75, 3.05) is 26.2 Å². The molecule has 82 valence electrons. The summed E-state index contributed by atoms with van der Waals surface area (Å²) in [7, 11) is 0. The Balaban J connectivity index is 1.78. The van der Waals surface area contributed by atoms with Crippen LogP contribution in [0.1, 0.15) is 33.1 Å². The largest absolute Gasteiger partial charge is 0.312 e. The minimum atomic E-state index is 0.823. The highest BCUT2D eigenvalue weighted by Gasteiger charge is 2.35. The summed E-state index contributed by atoms with van der Waals surface area (Å²) in [6, 6.07) is 0.823. The van der Waals surface area contributed by atoms with E-state index in [0.717, 1.165) is 17.9 Å². The molecule has 2 aliphatic rings. The van der Waals surface area contributed by atoms with Gasteiger partial charge in [-0.2, -0.15) is 0 Å². The van der Waals surface area contributed by atoms with E-state index in [2.05, 4.69) is 24.1 Å². The van der Waals surface area contributed by atoms with Crippen LogP contribution in [0.3, 0.4) is 0 Å². The van der Waals surface area contributed by atoms with Crippen molar-refractivity contribution in [2.24, 2.45) is 11.8 Å². The maximum absolute atomic E-state index is 3.62. The molecule has 2 rings (SSSR count). The van der Waals surface area contributed by atoms with Gasteiger partial charge < -0.3 is 10.2 Å². The number of likely N-dealkylation sites (tertiary alicyclic amines) is 1. The van der Waals surface area contributed by atoms with Gasteiger partial charge in [0.1, 0.15) is 0 Å². The zero-order valence-electron chi connectivity index (χ0n) is 9.63. The van der Waals surface area contributed by atoms with Gasteiger partial charge in [0.2, 0.25) is 0 Å². The summed E-state index contributed by atoms with van der Waals surface area (Å²) in [5.41, 5.74) is 0. The first-order valence-electron chi connectivity index (χ1n) is 6.29. The molecule has 2 heterocycles. The van der Waals surface area contributed by atoms with Crippen LogP contribution >= 0.6 is 0 Å². The van der Waals surface area contributed by atoms with Crippen molar-refractivity contribution in [3.8, 4) is 0 Å². The highest BCUT2D eigenvalue weighted by molar-refractivity contribution is 4.94. The van der Waals surface area contributed by atoms with Gasteiger partial charge in [-0.1, -0.05) is 26.7 Å². The normalized spacial score (nSPS) is 32.8. The lowest BCUT2D eigenvalue weighted by atomic mass is 10.0. The Morgan fingerprint density at radius 3 is 2.71 bits per heavy atom. The molecule has 14 heavy (non-hydrogen) atoms. The van der Waals surface area contributed by atoms with Gasteiger partial charge >= 0.3 is 0 Å². The molecule has 0 aliphatic carbocycles. The van der Waals surface area contributed by atoms with Crippen LogP contribution in [0.25, 0.3) is 0 Å². The molecule has 0 aromatic carbocycles. The number of rotatable bonds is 4. The Bertz CT molecular complexity index is 165. The standard InChI is InChI=1S/C12H24N2/c1-3-10(4-2)7-14-8-11-5-6-13-12(11)9-14/h10-13H,3-9H2,1-2H3/t11-,12+/m1/s1. The SMILES string of the molecule is CCC(CC)CN1C[C@H]2CCN[C@H]2C1. The second-order valence-corrected chi connectivity index (χ2v) is 5.01. The summed E-state index contributed by atoms with van der Waals surface area (Å²) in [4.78, 5) is 2.68. The van der Waals surface area contributed by atoms with Crippen LogP contribution < -0.4 is 5.32 Å². The van der Waals surface area contributed by atoms with Crippen LogP contribution in [0.4, 0.5) is 0 Å². The lowest BCUT2D eigenvalue weighted by Gasteiger charge is -2.22. The number of fused-ring (bicyclic) bond motifs is 1. The fourth-order valence-electron chi connectivity index (χ4n) is 3.00. The van der Waals surface area contributed by atoms with Crippen LogP contribution in [0.5, 0.6) is 0 Å². The van der Waals surface area contributed by atoms with Gasteiger partial charge in [0.05, 0.1) is 0 Å². The molecule has 2 atom stereocenters. The zero-order chi connectivity index (χ0) is 9.97. The molecular formula is C12H24N2. The average Bonchev–Trinajstić information content (AvgIpc) is 2.73. The van der Waals surface area contributed by atoms with Crippen LogP contribution in [0.15, 0.2) is 0 Å². The van der Waals surface area contributed by atoms with Gasteiger partial charge in [0.15, 0.2) is 0 Å². The van der Waals surface area contributed by atoms with Crippen molar-refractivity contribution in [1.82, 2.24) is 10.2 Å². The first-order valence-corrected chi connectivity index (χ1v) is 6.29. The molecule has 0 aromatic rings. The number of hydrogen-bond donors (Lipinski definition) is 1. The minimum Gasteiger partial charge on any atom is -0.312 e. The van der Waals surface area contributed by atoms with Crippen LogP contribution in [-0.4, -0.2) is 37.1 Å². The molecule has 0 saturated carbocycles. The van der Waals surface area contributed by atoms with E-state index in [4.69, 9.17) is 0 Å². The second kappa shape index (κ2) is 4.63. The van der Waals surface area contributed by atoms with Crippen molar-refractivity contribution >= 4 is 0 Å². The smallest absolute Gasteiger partial charge is 0.0235 e. The molecule has 2 fully saturated rings. The molecule has 0 spiro atoms. The Hall–Kier alpha value is -0.0800. The molecule has 0 unspecified atom stereocenters. The predicted molar refractivity (Wildman–Crippen MR) is 60.4 cm³/mol. The van der Waals surface area contributed by atoms with Gasteiger partial charge in [-0.25, -0.2) is 0 Å². The summed E-state index contributed by atoms with van der Waals surface area (Å²) >= 11 is 0. The quantitative estimate of drug-likeness (QED) is 0.736. The highest BCUT2D eigenvalue weighted by atomic mass is 15.2. The first-order chi connectivity index (χ1) is 6.83. The highest BCUT2D eigenvalue weighted by Crippen LogP contribution is 2.25. The predicted octanol–water partition coefficient (Wildman–Crippen LogP) is 1.72. The summed E-state index contributed by atoms with van der Waals surface area (Å²) in [6.07, 6.45) is 4.09. The Kier molecular flexibility index (Phi) is 3.45. The van der Waals surface area contributed by atoms with E-state index in [-0.39, 0.29) is 0 Å². The third kappa shape index (κ3) is 2.12. The van der Waals surface area contributed by atoms with Crippen molar-refractivity contribution in [2.45, 2.75) is 39.2 Å². The topological polar surface area (TPSA) is 15.3 Å². The number of nitrogens with one attached hydrogen (secondary N) is 1. The summed E-state index contributed by atoms with van der Waals surface area (Å²) in [5, 5.41) is 3.62. The fraction of sp³-hybridized carbons (Fsp3) is 1.00. The van der Waals surface area contributed by atoms with Gasteiger partial charge in [0, 0.05) is 25.7 Å².